The van der Waals surface area contributed by atoms with E-state index in [0.717, 1.165) is 35.8 Å². The van der Waals surface area contributed by atoms with E-state index in [2.05, 4.69) is 15.5 Å². The van der Waals surface area contributed by atoms with Gasteiger partial charge in [0.05, 0.1) is 13.2 Å². The molecule has 3 aliphatic rings. The molecule has 2 unspecified atom stereocenters. The number of allylic oxidation sites excluding steroid dienone is 2. The average molecular weight is 353 g/mol. The van der Waals surface area contributed by atoms with E-state index in [9.17, 15) is 5.11 Å². The number of aliphatic imine (C=N–C) groups is 1. The van der Waals surface area contributed by atoms with E-state index in [1.54, 1.807) is 19.1 Å². The summed E-state index contributed by atoms with van der Waals surface area (Å²) >= 11 is 0. The molecule has 1 aromatic rings. The van der Waals surface area contributed by atoms with Crippen molar-refractivity contribution in [1.82, 2.24) is 15.5 Å². The Morgan fingerprint density at radius 3 is 2.88 bits per heavy atom. The minimum absolute atomic E-state index is 0.0650. The molecule has 3 aliphatic heterocycles. The van der Waals surface area contributed by atoms with Crippen molar-refractivity contribution in [2.45, 2.75) is 19.1 Å². The van der Waals surface area contributed by atoms with Crippen LogP contribution in [-0.2, 0) is 4.74 Å². The number of benzene rings is 1. The Balaban J connectivity index is 1.72. The predicted octanol–water partition coefficient (Wildman–Crippen LogP) is 1.50. The first-order valence-corrected chi connectivity index (χ1v) is 8.81. The molecule has 0 spiro atoms. The molecule has 4 rings (SSSR count). The first-order valence-electron chi connectivity index (χ1n) is 8.81. The number of ether oxygens (including phenoxy) is 1. The Kier molecular flexibility index (Phi) is 4.38. The van der Waals surface area contributed by atoms with Gasteiger partial charge in [0, 0.05) is 36.3 Å². The molecule has 0 bridgehead atoms. The molecular formula is C19H23N5O2. The second-order valence-electron chi connectivity index (χ2n) is 6.65. The van der Waals surface area contributed by atoms with E-state index in [4.69, 9.17) is 15.1 Å². The highest BCUT2D eigenvalue weighted by Crippen LogP contribution is 2.28. The van der Waals surface area contributed by atoms with Crippen LogP contribution in [0, 0.1) is 5.41 Å². The van der Waals surface area contributed by atoms with E-state index in [1.165, 1.54) is 0 Å². The molecule has 0 aliphatic carbocycles. The number of hydrogen-bond acceptors (Lipinski definition) is 7. The van der Waals surface area contributed by atoms with E-state index in [0.29, 0.717) is 18.9 Å². The Bertz CT molecular complexity index is 808. The van der Waals surface area contributed by atoms with Gasteiger partial charge >= 0.3 is 0 Å². The zero-order valence-corrected chi connectivity index (χ0v) is 14.7. The molecule has 4 N–H and O–H groups in total. The lowest BCUT2D eigenvalue weighted by Crippen LogP contribution is -2.55. The lowest BCUT2D eigenvalue weighted by Gasteiger charge is -2.40. The minimum Gasteiger partial charge on any atom is -0.508 e. The fourth-order valence-electron chi connectivity index (χ4n) is 3.42. The maximum Gasteiger partial charge on any atom is 0.146 e. The van der Waals surface area contributed by atoms with Crippen molar-refractivity contribution in [3.05, 3.63) is 53.4 Å². The SMILES string of the molecule is CC(=N)C1=CNC2C(=C1)NC(c1cccc(O)c1)N=C2N1CCOCC1. The van der Waals surface area contributed by atoms with Crippen LogP contribution in [0.25, 0.3) is 0 Å². The maximum absolute atomic E-state index is 9.84. The Hall–Kier alpha value is -2.80. The summed E-state index contributed by atoms with van der Waals surface area (Å²) in [5.74, 6) is 1.19. The highest BCUT2D eigenvalue weighted by atomic mass is 16.5. The van der Waals surface area contributed by atoms with Gasteiger partial charge < -0.3 is 30.8 Å². The molecule has 2 atom stereocenters. The summed E-state index contributed by atoms with van der Waals surface area (Å²) in [4.78, 5) is 7.20. The molecule has 7 nitrogen and oxygen atoms in total. The number of dihydropyridines is 1. The quantitative estimate of drug-likeness (QED) is 0.605. The lowest BCUT2D eigenvalue weighted by atomic mass is 9.99. The van der Waals surface area contributed by atoms with Crippen molar-refractivity contribution < 1.29 is 9.84 Å². The van der Waals surface area contributed by atoms with Crippen LogP contribution in [0.4, 0.5) is 0 Å². The fraction of sp³-hybridized carbons (Fsp3) is 0.368. The van der Waals surface area contributed by atoms with Gasteiger partial charge in [-0.2, -0.15) is 0 Å². The largest absolute Gasteiger partial charge is 0.508 e. The summed E-state index contributed by atoms with van der Waals surface area (Å²) in [6.45, 7) is 4.76. The van der Waals surface area contributed by atoms with Crippen molar-refractivity contribution in [3.8, 4) is 5.75 Å². The Morgan fingerprint density at radius 2 is 2.15 bits per heavy atom. The van der Waals surface area contributed by atoms with E-state index < -0.39 is 0 Å². The summed E-state index contributed by atoms with van der Waals surface area (Å²) in [5, 5.41) is 24.6. The summed E-state index contributed by atoms with van der Waals surface area (Å²) in [5.41, 5.74) is 3.24. The van der Waals surface area contributed by atoms with Gasteiger partial charge in [0.1, 0.15) is 23.8 Å². The van der Waals surface area contributed by atoms with Crippen molar-refractivity contribution >= 4 is 11.5 Å². The number of phenolic OH excluding ortho intramolecular Hbond substituents is 1. The van der Waals surface area contributed by atoms with Gasteiger partial charge in [-0.3, -0.25) is 0 Å². The average Bonchev–Trinajstić information content (AvgIpc) is 2.67. The predicted molar refractivity (Wildman–Crippen MR) is 100 cm³/mol. The molecule has 1 fully saturated rings. The molecule has 1 aromatic carbocycles. The van der Waals surface area contributed by atoms with Gasteiger partial charge in [0.2, 0.25) is 0 Å². The van der Waals surface area contributed by atoms with Crippen LogP contribution >= 0.6 is 0 Å². The van der Waals surface area contributed by atoms with Gasteiger partial charge in [-0.25, -0.2) is 4.99 Å². The van der Waals surface area contributed by atoms with Crippen molar-refractivity contribution in [1.29, 1.82) is 5.41 Å². The molecule has 0 amide bonds. The van der Waals surface area contributed by atoms with Gasteiger partial charge in [-0.1, -0.05) is 12.1 Å². The lowest BCUT2D eigenvalue weighted by molar-refractivity contribution is 0.0661. The highest BCUT2D eigenvalue weighted by molar-refractivity contribution is 6.00. The van der Waals surface area contributed by atoms with Crippen LogP contribution in [0.15, 0.2) is 52.8 Å². The minimum atomic E-state index is -0.283. The molecule has 26 heavy (non-hydrogen) atoms. The summed E-state index contributed by atoms with van der Waals surface area (Å²) in [6.07, 6.45) is 3.60. The van der Waals surface area contributed by atoms with Crippen molar-refractivity contribution in [3.63, 3.8) is 0 Å². The van der Waals surface area contributed by atoms with Crippen LogP contribution < -0.4 is 10.6 Å². The molecule has 1 saturated heterocycles. The number of phenols is 1. The highest BCUT2D eigenvalue weighted by Gasteiger charge is 2.34. The van der Waals surface area contributed by atoms with Gasteiger partial charge in [-0.15, -0.1) is 0 Å². The second kappa shape index (κ2) is 6.84. The van der Waals surface area contributed by atoms with Crippen LogP contribution in [0.5, 0.6) is 5.75 Å². The van der Waals surface area contributed by atoms with Gasteiger partial charge in [0.25, 0.3) is 0 Å². The third-order valence-electron chi connectivity index (χ3n) is 4.80. The fourth-order valence-corrected chi connectivity index (χ4v) is 3.42. The normalized spacial score (nSPS) is 25.1. The molecule has 7 heteroatoms. The zero-order chi connectivity index (χ0) is 18.1. The number of aromatic hydroxyl groups is 1. The number of nitrogens with zero attached hydrogens (tertiary/aromatic N) is 2. The van der Waals surface area contributed by atoms with Crippen molar-refractivity contribution in [2.75, 3.05) is 26.3 Å². The molecule has 0 radical (unpaired) electrons. The summed E-state index contributed by atoms with van der Waals surface area (Å²) in [6, 6.07) is 7.09. The first-order chi connectivity index (χ1) is 12.6. The summed E-state index contributed by atoms with van der Waals surface area (Å²) in [7, 11) is 0. The third kappa shape index (κ3) is 3.17. The van der Waals surface area contributed by atoms with Gasteiger partial charge in [-0.05, 0) is 30.7 Å². The number of hydrogen-bond donors (Lipinski definition) is 4. The molecule has 0 aromatic heterocycles. The standard InChI is InChI=1S/C19H23N5O2/c1-12(20)14-10-16-17(21-11-14)19(24-5-7-26-8-6-24)23-18(22-16)13-3-2-4-15(25)9-13/h2-4,9-11,17-18,20-22,25H,5-8H2,1H3. The van der Waals surface area contributed by atoms with E-state index in [-0.39, 0.29) is 18.0 Å². The first kappa shape index (κ1) is 16.7. The number of nitrogens with one attached hydrogen (secondary N) is 3. The number of morpholine rings is 1. The van der Waals surface area contributed by atoms with E-state index >= 15 is 0 Å². The molecule has 0 saturated carbocycles. The Morgan fingerprint density at radius 1 is 1.35 bits per heavy atom. The van der Waals surface area contributed by atoms with Crippen LogP contribution in [0.1, 0.15) is 18.7 Å². The van der Waals surface area contributed by atoms with Crippen LogP contribution in [0.2, 0.25) is 0 Å². The van der Waals surface area contributed by atoms with Gasteiger partial charge in [0.15, 0.2) is 0 Å². The number of fused-ring (bicyclic) bond motifs is 1. The van der Waals surface area contributed by atoms with Crippen LogP contribution in [0.3, 0.4) is 0 Å². The third-order valence-corrected chi connectivity index (χ3v) is 4.80. The van der Waals surface area contributed by atoms with Crippen molar-refractivity contribution in [2.24, 2.45) is 4.99 Å². The second-order valence-corrected chi connectivity index (χ2v) is 6.65. The molecule has 136 valence electrons. The summed E-state index contributed by atoms with van der Waals surface area (Å²) < 4.78 is 5.48. The molecule has 3 heterocycles. The van der Waals surface area contributed by atoms with E-state index in [1.807, 2.05) is 24.4 Å². The maximum atomic E-state index is 9.84. The van der Waals surface area contributed by atoms with Crippen LogP contribution in [-0.4, -0.2) is 53.9 Å². The number of amidine groups is 1. The topological polar surface area (TPSA) is 93.0 Å². The smallest absolute Gasteiger partial charge is 0.146 e. The Labute approximate surface area is 152 Å². The zero-order valence-electron chi connectivity index (χ0n) is 14.7. The number of rotatable bonds is 2. The monoisotopic (exact) mass is 353 g/mol. The molecular weight excluding hydrogens is 330 g/mol.